The van der Waals surface area contributed by atoms with E-state index in [0.29, 0.717) is 19.0 Å². The van der Waals surface area contributed by atoms with Gasteiger partial charge in [-0.15, -0.1) is 0 Å². The van der Waals surface area contributed by atoms with Crippen LogP contribution in [0.2, 0.25) is 0 Å². The lowest BCUT2D eigenvalue weighted by atomic mass is 9.93. The van der Waals surface area contributed by atoms with Crippen molar-refractivity contribution in [1.29, 1.82) is 0 Å². The molecule has 0 aromatic carbocycles. The Morgan fingerprint density at radius 3 is 2.59 bits per heavy atom. The van der Waals surface area contributed by atoms with E-state index in [4.69, 9.17) is 0 Å². The van der Waals surface area contributed by atoms with Crippen LogP contribution in [0.15, 0.2) is 24.7 Å². The molecule has 0 atom stereocenters. The molecule has 2 aromatic rings. The predicted molar refractivity (Wildman–Crippen MR) is 82.5 cm³/mol. The first-order valence-corrected chi connectivity index (χ1v) is 9.13. The third-order valence-corrected chi connectivity index (χ3v) is 5.33. The molecule has 22 heavy (non-hydrogen) atoms. The summed E-state index contributed by atoms with van der Waals surface area (Å²) >= 11 is 0. The number of sulfonamides is 1. The minimum atomic E-state index is -3.06. The van der Waals surface area contributed by atoms with E-state index in [0.717, 1.165) is 36.3 Å². The van der Waals surface area contributed by atoms with E-state index in [2.05, 4.69) is 20.2 Å². The third-order valence-electron chi connectivity index (χ3n) is 4.02. The van der Waals surface area contributed by atoms with Crippen molar-refractivity contribution in [2.24, 2.45) is 5.92 Å². The molecule has 2 aromatic heterocycles. The van der Waals surface area contributed by atoms with Crippen LogP contribution in [-0.4, -0.2) is 52.2 Å². The Morgan fingerprint density at radius 1 is 1.27 bits per heavy atom. The van der Waals surface area contributed by atoms with Crippen LogP contribution >= 0.6 is 0 Å². The molecule has 0 bridgehead atoms. The Kier molecular flexibility index (Phi) is 4.21. The van der Waals surface area contributed by atoms with Crippen LogP contribution in [-0.2, 0) is 16.4 Å². The molecule has 118 valence electrons. The van der Waals surface area contributed by atoms with Gasteiger partial charge in [0.15, 0.2) is 0 Å². The van der Waals surface area contributed by atoms with Gasteiger partial charge in [0.05, 0.1) is 23.8 Å². The second-order valence-electron chi connectivity index (χ2n) is 5.67. The molecule has 1 fully saturated rings. The topological polar surface area (TPSA) is 91.8 Å². The summed E-state index contributed by atoms with van der Waals surface area (Å²) in [6.45, 7) is 1.20. The maximum absolute atomic E-state index is 11.5. The normalized spacial score (nSPS) is 17.7. The first-order valence-electron chi connectivity index (χ1n) is 7.28. The summed E-state index contributed by atoms with van der Waals surface area (Å²) in [6.07, 6.45) is 9.07. The molecule has 7 nitrogen and oxygen atoms in total. The zero-order chi connectivity index (χ0) is 15.6. The summed E-state index contributed by atoms with van der Waals surface area (Å²) < 4.78 is 24.5. The number of aromatic amines is 1. The zero-order valence-corrected chi connectivity index (χ0v) is 13.3. The second kappa shape index (κ2) is 6.13. The molecule has 0 spiro atoms. The van der Waals surface area contributed by atoms with Gasteiger partial charge in [0.2, 0.25) is 10.0 Å². The largest absolute Gasteiger partial charge is 0.276 e. The van der Waals surface area contributed by atoms with Gasteiger partial charge >= 0.3 is 0 Å². The van der Waals surface area contributed by atoms with Crippen molar-refractivity contribution in [3.8, 4) is 11.4 Å². The van der Waals surface area contributed by atoms with E-state index in [1.165, 1.54) is 6.26 Å². The summed E-state index contributed by atoms with van der Waals surface area (Å²) in [6, 6.07) is 1.85. The summed E-state index contributed by atoms with van der Waals surface area (Å²) in [7, 11) is -3.06. The van der Waals surface area contributed by atoms with Gasteiger partial charge in [-0.25, -0.2) is 12.7 Å². The fraction of sp³-hybridized carbons (Fsp3) is 0.500. The third kappa shape index (κ3) is 3.50. The van der Waals surface area contributed by atoms with Gasteiger partial charge in [-0.1, -0.05) is 0 Å². The molecule has 1 saturated heterocycles. The van der Waals surface area contributed by atoms with Crippen LogP contribution in [0.25, 0.3) is 11.4 Å². The van der Waals surface area contributed by atoms with Crippen molar-refractivity contribution in [2.45, 2.75) is 19.3 Å². The fourth-order valence-electron chi connectivity index (χ4n) is 2.74. The first-order chi connectivity index (χ1) is 10.5. The van der Waals surface area contributed by atoms with Crippen molar-refractivity contribution < 1.29 is 8.42 Å². The van der Waals surface area contributed by atoms with Gasteiger partial charge < -0.3 is 0 Å². The van der Waals surface area contributed by atoms with Crippen LogP contribution in [0.1, 0.15) is 18.5 Å². The first kappa shape index (κ1) is 15.1. The highest BCUT2D eigenvalue weighted by molar-refractivity contribution is 7.88. The van der Waals surface area contributed by atoms with Crippen molar-refractivity contribution >= 4 is 10.0 Å². The number of hydrogen-bond acceptors (Lipinski definition) is 5. The molecular formula is C14H19N5O2S. The molecule has 0 radical (unpaired) electrons. The van der Waals surface area contributed by atoms with Crippen LogP contribution in [0.5, 0.6) is 0 Å². The van der Waals surface area contributed by atoms with E-state index in [-0.39, 0.29) is 0 Å². The standard InChI is InChI=1S/C14H19N5O2S/c1-22(20,21)19-6-3-11(4-7-19)8-12-9-16-14(10-15-12)13-2-5-17-18-13/h2,5,9-11H,3-4,6-8H2,1H3,(H,17,18). The molecule has 0 amide bonds. The van der Waals surface area contributed by atoms with Crippen molar-refractivity contribution in [2.75, 3.05) is 19.3 Å². The Balaban J connectivity index is 1.58. The summed E-state index contributed by atoms with van der Waals surface area (Å²) in [5, 5.41) is 6.75. The van der Waals surface area contributed by atoms with Crippen LogP contribution < -0.4 is 0 Å². The molecule has 3 rings (SSSR count). The van der Waals surface area contributed by atoms with Crippen molar-refractivity contribution in [3.63, 3.8) is 0 Å². The molecular weight excluding hydrogens is 302 g/mol. The number of H-pyrrole nitrogens is 1. The van der Waals surface area contributed by atoms with Gasteiger partial charge in [-0.05, 0) is 31.2 Å². The van der Waals surface area contributed by atoms with Crippen LogP contribution in [0.3, 0.4) is 0 Å². The molecule has 1 aliphatic rings. The van der Waals surface area contributed by atoms with E-state index < -0.39 is 10.0 Å². The van der Waals surface area contributed by atoms with Gasteiger partial charge in [0.25, 0.3) is 0 Å². The average Bonchev–Trinajstić information content (AvgIpc) is 3.02. The number of nitrogens with one attached hydrogen (secondary N) is 1. The molecule has 3 heterocycles. The summed E-state index contributed by atoms with van der Waals surface area (Å²) in [5.74, 6) is 0.463. The maximum Gasteiger partial charge on any atom is 0.211 e. The minimum Gasteiger partial charge on any atom is -0.276 e. The fourth-order valence-corrected chi connectivity index (χ4v) is 3.61. The van der Waals surface area contributed by atoms with Crippen molar-refractivity contribution in [3.05, 3.63) is 30.4 Å². The van der Waals surface area contributed by atoms with Gasteiger partial charge in [-0.2, -0.15) is 5.10 Å². The summed E-state index contributed by atoms with van der Waals surface area (Å²) in [4.78, 5) is 8.86. The Morgan fingerprint density at radius 2 is 2.05 bits per heavy atom. The van der Waals surface area contributed by atoms with E-state index >= 15 is 0 Å². The number of rotatable bonds is 4. The van der Waals surface area contributed by atoms with Gasteiger partial charge in [0, 0.05) is 25.5 Å². The average molecular weight is 321 g/mol. The van der Waals surface area contributed by atoms with Crippen LogP contribution in [0, 0.1) is 5.92 Å². The van der Waals surface area contributed by atoms with E-state index in [1.54, 1.807) is 22.9 Å². The molecule has 0 aliphatic carbocycles. The number of hydrogen-bond donors (Lipinski definition) is 1. The van der Waals surface area contributed by atoms with E-state index in [1.807, 2.05) is 6.07 Å². The minimum absolute atomic E-state index is 0.463. The van der Waals surface area contributed by atoms with Crippen LogP contribution in [0.4, 0.5) is 0 Å². The lowest BCUT2D eigenvalue weighted by Gasteiger charge is -2.29. The van der Waals surface area contributed by atoms with Crippen molar-refractivity contribution in [1.82, 2.24) is 24.5 Å². The Labute approximate surface area is 129 Å². The molecule has 1 aliphatic heterocycles. The molecule has 0 saturated carbocycles. The van der Waals surface area contributed by atoms with Gasteiger partial charge in [-0.3, -0.25) is 15.1 Å². The quantitative estimate of drug-likeness (QED) is 0.910. The Bertz CT molecular complexity index is 704. The lowest BCUT2D eigenvalue weighted by Crippen LogP contribution is -2.38. The SMILES string of the molecule is CS(=O)(=O)N1CCC(Cc2cnc(-c3ccn[nH]3)cn2)CC1. The lowest BCUT2D eigenvalue weighted by molar-refractivity contribution is 0.273. The number of piperidine rings is 1. The highest BCUT2D eigenvalue weighted by Crippen LogP contribution is 2.22. The highest BCUT2D eigenvalue weighted by Gasteiger charge is 2.25. The molecule has 8 heteroatoms. The Hall–Kier alpha value is -1.80. The predicted octanol–water partition coefficient (Wildman–Crippen LogP) is 1.08. The molecule has 0 unspecified atom stereocenters. The monoisotopic (exact) mass is 321 g/mol. The smallest absolute Gasteiger partial charge is 0.211 e. The second-order valence-corrected chi connectivity index (χ2v) is 7.66. The zero-order valence-electron chi connectivity index (χ0n) is 12.4. The maximum atomic E-state index is 11.5. The number of aromatic nitrogens is 4. The highest BCUT2D eigenvalue weighted by atomic mass is 32.2. The summed E-state index contributed by atoms with van der Waals surface area (Å²) in [5.41, 5.74) is 2.56. The van der Waals surface area contributed by atoms with E-state index in [9.17, 15) is 8.42 Å². The molecule has 1 N–H and O–H groups in total. The number of nitrogens with zero attached hydrogens (tertiary/aromatic N) is 4. The van der Waals surface area contributed by atoms with Gasteiger partial charge in [0.1, 0.15) is 5.69 Å².